The summed E-state index contributed by atoms with van der Waals surface area (Å²) in [5, 5.41) is 2.89. The molecule has 1 saturated carbocycles. The number of amides is 3. The van der Waals surface area contributed by atoms with Gasteiger partial charge in [0.15, 0.2) is 0 Å². The fourth-order valence-electron chi connectivity index (χ4n) is 2.47. The minimum atomic E-state index is -0.556. The number of carbonyl (C=O) groups excluding carboxylic acids is 2. The highest BCUT2D eigenvalue weighted by atomic mass is 35.5. The Bertz CT molecular complexity index is 867. The number of nitrogens with zero attached hydrogens (tertiary/aromatic N) is 3. The number of anilines is 2. The van der Waals surface area contributed by atoms with Gasteiger partial charge in [0.25, 0.3) is 5.91 Å². The molecular weight excluding hydrogens is 391 g/mol. The number of hydrazine groups is 1. The van der Waals surface area contributed by atoms with Gasteiger partial charge in [0.05, 0.1) is 0 Å². The number of aryl methyl sites for hydroxylation is 1. The van der Waals surface area contributed by atoms with Crippen LogP contribution in [0.5, 0.6) is 0 Å². The molecule has 3 rings (SSSR count). The Morgan fingerprint density at radius 2 is 1.78 bits per heavy atom. The molecule has 0 spiro atoms. The van der Waals surface area contributed by atoms with Crippen LogP contribution >= 0.6 is 23.2 Å². The van der Waals surface area contributed by atoms with Crippen molar-refractivity contribution in [2.75, 3.05) is 17.8 Å². The summed E-state index contributed by atoms with van der Waals surface area (Å²) in [4.78, 5) is 34.3. The molecule has 0 saturated heterocycles. The molecule has 3 amide bonds. The minimum Gasteiger partial charge on any atom is -0.337 e. The smallest absolute Gasteiger partial charge is 0.337 e. The van der Waals surface area contributed by atoms with Crippen LogP contribution < -0.4 is 16.2 Å². The Balaban J connectivity index is 1.63. The highest BCUT2D eigenvalue weighted by Crippen LogP contribution is 2.26. The number of nitrogens with one attached hydrogen (secondary N) is 3. The number of rotatable bonds is 5. The van der Waals surface area contributed by atoms with Gasteiger partial charge >= 0.3 is 6.03 Å². The number of halogens is 2. The molecular formula is C17H18Cl2N6O2. The van der Waals surface area contributed by atoms with Crippen molar-refractivity contribution in [1.82, 2.24) is 20.3 Å². The molecule has 1 aliphatic rings. The van der Waals surface area contributed by atoms with Crippen molar-refractivity contribution < 1.29 is 9.59 Å². The Kier molecular flexibility index (Phi) is 5.67. The van der Waals surface area contributed by atoms with Gasteiger partial charge in [-0.2, -0.15) is 0 Å². The zero-order valence-electron chi connectivity index (χ0n) is 14.7. The van der Waals surface area contributed by atoms with Crippen LogP contribution in [0.1, 0.15) is 28.9 Å². The summed E-state index contributed by atoms with van der Waals surface area (Å²) in [6.07, 6.45) is 2.04. The van der Waals surface area contributed by atoms with Gasteiger partial charge in [0.1, 0.15) is 21.8 Å². The summed E-state index contributed by atoms with van der Waals surface area (Å²) in [7, 11) is 1.77. The van der Waals surface area contributed by atoms with Crippen molar-refractivity contribution in [2.24, 2.45) is 0 Å². The summed E-state index contributed by atoms with van der Waals surface area (Å²) in [6, 6.07) is 6.09. The molecule has 1 fully saturated rings. The van der Waals surface area contributed by atoms with E-state index >= 15 is 0 Å². The van der Waals surface area contributed by atoms with Gasteiger partial charge in [-0.25, -0.2) is 14.8 Å². The number of pyridine rings is 2. The second-order valence-corrected chi connectivity index (χ2v) is 7.04. The molecule has 0 radical (unpaired) electrons. The molecule has 0 aromatic carbocycles. The molecule has 0 atom stereocenters. The molecule has 2 aromatic rings. The Morgan fingerprint density at radius 3 is 2.41 bits per heavy atom. The van der Waals surface area contributed by atoms with E-state index in [9.17, 15) is 9.59 Å². The third kappa shape index (κ3) is 5.21. The quantitative estimate of drug-likeness (QED) is 0.519. The molecule has 2 heterocycles. The predicted molar refractivity (Wildman–Crippen MR) is 104 cm³/mol. The average Bonchev–Trinajstić information content (AvgIpc) is 3.42. The fraction of sp³-hybridized carbons (Fsp3) is 0.294. The number of hydrogen-bond acceptors (Lipinski definition) is 5. The molecule has 8 nitrogen and oxygen atoms in total. The standard InChI is InChI=1S/C17H18Cl2N6O2/c1-9-5-12(16(26)25(2)11-3-4-11)21-15(6-9)23-24-17(27)20-10-7-13(18)22-14(19)8-10/h5-8,11H,3-4H2,1-2H3,(H,21,23)(H2,20,22,24,27). The third-order valence-electron chi connectivity index (χ3n) is 3.93. The zero-order chi connectivity index (χ0) is 19.6. The van der Waals surface area contributed by atoms with Crippen molar-refractivity contribution in [3.63, 3.8) is 0 Å². The van der Waals surface area contributed by atoms with E-state index < -0.39 is 6.03 Å². The van der Waals surface area contributed by atoms with Crippen LogP contribution in [0.3, 0.4) is 0 Å². The van der Waals surface area contributed by atoms with Crippen molar-refractivity contribution in [3.05, 3.63) is 45.8 Å². The first-order chi connectivity index (χ1) is 12.8. The van der Waals surface area contributed by atoms with Crippen molar-refractivity contribution in [1.29, 1.82) is 0 Å². The maximum atomic E-state index is 12.5. The molecule has 0 bridgehead atoms. The number of urea groups is 1. The maximum absolute atomic E-state index is 12.5. The van der Waals surface area contributed by atoms with Gasteiger partial charge in [-0.05, 0) is 49.6 Å². The van der Waals surface area contributed by atoms with Crippen LogP contribution in [0.25, 0.3) is 0 Å². The SMILES string of the molecule is Cc1cc(NNC(=O)Nc2cc(Cl)nc(Cl)c2)nc(C(=O)N(C)C2CC2)c1. The molecule has 0 unspecified atom stereocenters. The highest BCUT2D eigenvalue weighted by molar-refractivity contribution is 6.32. The van der Waals surface area contributed by atoms with E-state index in [-0.39, 0.29) is 16.2 Å². The van der Waals surface area contributed by atoms with Gasteiger partial charge in [-0.1, -0.05) is 23.2 Å². The normalized spacial score (nSPS) is 13.0. The van der Waals surface area contributed by atoms with E-state index in [2.05, 4.69) is 26.1 Å². The van der Waals surface area contributed by atoms with E-state index in [1.54, 1.807) is 24.1 Å². The third-order valence-corrected chi connectivity index (χ3v) is 4.32. The Morgan fingerprint density at radius 1 is 1.11 bits per heavy atom. The number of carbonyl (C=O) groups is 2. The van der Waals surface area contributed by atoms with E-state index in [1.807, 2.05) is 6.92 Å². The Labute approximate surface area is 166 Å². The molecule has 10 heteroatoms. The summed E-state index contributed by atoms with van der Waals surface area (Å²) < 4.78 is 0. The van der Waals surface area contributed by atoms with Crippen LogP contribution in [0.2, 0.25) is 10.3 Å². The predicted octanol–water partition coefficient (Wildman–Crippen LogP) is 3.47. The second-order valence-electron chi connectivity index (χ2n) is 6.27. The van der Waals surface area contributed by atoms with Gasteiger partial charge in [0, 0.05) is 18.8 Å². The van der Waals surface area contributed by atoms with Crippen LogP contribution in [0.15, 0.2) is 24.3 Å². The number of aromatic nitrogens is 2. The van der Waals surface area contributed by atoms with E-state index in [4.69, 9.17) is 23.2 Å². The largest absolute Gasteiger partial charge is 0.337 e. The first kappa shape index (κ1) is 19.2. The zero-order valence-corrected chi connectivity index (χ0v) is 16.2. The van der Waals surface area contributed by atoms with E-state index in [0.717, 1.165) is 18.4 Å². The first-order valence-electron chi connectivity index (χ1n) is 8.24. The Hall–Kier alpha value is -2.58. The maximum Gasteiger partial charge on any atom is 0.337 e. The van der Waals surface area contributed by atoms with Crippen LogP contribution in [0, 0.1) is 6.92 Å². The molecule has 3 N–H and O–H groups in total. The fourth-order valence-corrected chi connectivity index (χ4v) is 2.93. The summed E-state index contributed by atoms with van der Waals surface area (Å²) in [6.45, 7) is 1.85. The molecule has 27 heavy (non-hydrogen) atoms. The van der Waals surface area contributed by atoms with Crippen LogP contribution in [0.4, 0.5) is 16.3 Å². The first-order valence-corrected chi connectivity index (χ1v) is 8.99. The molecule has 0 aliphatic heterocycles. The van der Waals surface area contributed by atoms with E-state index in [0.29, 0.717) is 23.2 Å². The van der Waals surface area contributed by atoms with Crippen LogP contribution in [-0.2, 0) is 0 Å². The van der Waals surface area contributed by atoms with Gasteiger partial charge < -0.3 is 10.2 Å². The highest BCUT2D eigenvalue weighted by Gasteiger charge is 2.30. The lowest BCUT2D eigenvalue weighted by atomic mass is 10.2. The van der Waals surface area contributed by atoms with Gasteiger partial charge in [0.2, 0.25) is 0 Å². The summed E-state index contributed by atoms with van der Waals surface area (Å²) in [5.74, 6) is 0.207. The monoisotopic (exact) mass is 408 g/mol. The van der Waals surface area contributed by atoms with Crippen LogP contribution in [-0.4, -0.2) is 39.9 Å². The lowest BCUT2D eigenvalue weighted by Crippen LogP contribution is -2.34. The van der Waals surface area contributed by atoms with Crippen molar-refractivity contribution >= 4 is 46.6 Å². The number of hydrogen-bond donors (Lipinski definition) is 3. The van der Waals surface area contributed by atoms with Gasteiger partial charge in [-0.15, -0.1) is 0 Å². The molecule has 2 aromatic heterocycles. The lowest BCUT2D eigenvalue weighted by Gasteiger charge is -2.17. The van der Waals surface area contributed by atoms with Crippen molar-refractivity contribution in [3.8, 4) is 0 Å². The minimum absolute atomic E-state index is 0.144. The second kappa shape index (κ2) is 7.98. The lowest BCUT2D eigenvalue weighted by molar-refractivity contribution is 0.0779. The van der Waals surface area contributed by atoms with E-state index in [1.165, 1.54) is 12.1 Å². The van der Waals surface area contributed by atoms with Gasteiger partial charge in [-0.3, -0.25) is 15.6 Å². The average molecular weight is 409 g/mol. The summed E-state index contributed by atoms with van der Waals surface area (Å²) in [5.41, 5.74) is 6.69. The summed E-state index contributed by atoms with van der Waals surface area (Å²) >= 11 is 11.6. The topological polar surface area (TPSA) is 99.2 Å². The van der Waals surface area contributed by atoms with Crippen molar-refractivity contribution in [2.45, 2.75) is 25.8 Å². The molecule has 1 aliphatic carbocycles. The molecule has 142 valence electrons.